The van der Waals surface area contributed by atoms with E-state index in [4.69, 9.17) is 23.2 Å². The first-order valence-corrected chi connectivity index (χ1v) is 8.23. The summed E-state index contributed by atoms with van der Waals surface area (Å²) in [6, 6.07) is 19.7. The van der Waals surface area contributed by atoms with Crippen molar-refractivity contribution < 1.29 is 4.79 Å². The fraction of sp³-hybridized carbons (Fsp3) is 0.278. The average Bonchev–Trinajstić information content (AvgIpc) is 3.08. The summed E-state index contributed by atoms with van der Waals surface area (Å²) in [5.41, 5.74) is 4.22. The van der Waals surface area contributed by atoms with Crippen LogP contribution in [0, 0.1) is 5.41 Å². The molecule has 1 N–H and O–H groups in total. The maximum Gasteiger partial charge on any atom is 0.247 e. The number of hydrazine groups is 1. The summed E-state index contributed by atoms with van der Waals surface area (Å²) in [5, 5.41) is 1.82. The summed E-state index contributed by atoms with van der Waals surface area (Å²) >= 11 is 12.2. The Labute approximate surface area is 146 Å². The van der Waals surface area contributed by atoms with Gasteiger partial charge in [-0.25, -0.2) is 0 Å². The molecule has 0 bridgehead atoms. The van der Waals surface area contributed by atoms with Crippen LogP contribution < -0.4 is 10.4 Å². The zero-order valence-corrected chi connectivity index (χ0v) is 14.3. The number of halogens is 2. The molecule has 1 amide bonds. The predicted octanol–water partition coefficient (Wildman–Crippen LogP) is 4.31. The van der Waals surface area contributed by atoms with Crippen LogP contribution in [0.25, 0.3) is 0 Å². The highest BCUT2D eigenvalue weighted by atomic mass is 35.5. The van der Waals surface area contributed by atoms with Gasteiger partial charge in [0.1, 0.15) is 4.33 Å². The number of carbonyl (C=O) groups is 1. The molecule has 1 aliphatic rings. The minimum absolute atomic E-state index is 0.165. The lowest BCUT2D eigenvalue weighted by Gasteiger charge is -2.27. The predicted molar refractivity (Wildman–Crippen MR) is 94.4 cm³/mol. The van der Waals surface area contributed by atoms with Crippen LogP contribution >= 0.6 is 23.2 Å². The van der Waals surface area contributed by atoms with Crippen molar-refractivity contribution in [3.63, 3.8) is 0 Å². The fourth-order valence-corrected chi connectivity index (χ4v) is 3.17. The van der Waals surface area contributed by atoms with Gasteiger partial charge < -0.3 is 0 Å². The summed E-state index contributed by atoms with van der Waals surface area (Å²) in [4.78, 5) is 12.6. The summed E-state index contributed by atoms with van der Waals surface area (Å²) in [6.07, 6.45) is 0.461. The van der Waals surface area contributed by atoms with Gasteiger partial charge in [-0.3, -0.25) is 15.2 Å². The number of amides is 1. The number of hydrogen-bond acceptors (Lipinski definition) is 2. The first-order valence-electron chi connectivity index (χ1n) is 7.48. The lowest BCUT2D eigenvalue weighted by atomic mass is 10.1. The van der Waals surface area contributed by atoms with E-state index in [1.54, 1.807) is 6.92 Å². The van der Waals surface area contributed by atoms with Gasteiger partial charge in [0, 0.05) is 0 Å². The quantitative estimate of drug-likeness (QED) is 0.645. The van der Waals surface area contributed by atoms with Crippen molar-refractivity contribution in [3.8, 4) is 0 Å². The highest BCUT2D eigenvalue weighted by Gasteiger charge is 2.68. The summed E-state index contributed by atoms with van der Waals surface area (Å²) in [7, 11) is 0. The van der Waals surface area contributed by atoms with Crippen molar-refractivity contribution in [1.29, 1.82) is 0 Å². The number of rotatable bonds is 5. The van der Waals surface area contributed by atoms with Crippen LogP contribution in [-0.4, -0.2) is 10.2 Å². The molecule has 0 heterocycles. The number of hydrogen-bond donors (Lipinski definition) is 1. The summed E-state index contributed by atoms with van der Waals surface area (Å²) < 4.78 is -0.980. The standard InChI is InChI=1S/C18H18Cl2N2O/c1-17(13-18(17,19)20)16(23)21-22(15-10-6-3-7-11-15)12-14-8-4-2-5-9-14/h2-11H,12-13H2,1H3,(H,21,23). The van der Waals surface area contributed by atoms with Crippen molar-refractivity contribution in [1.82, 2.24) is 5.43 Å². The van der Waals surface area contributed by atoms with Gasteiger partial charge in [-0.2, -0.15) is 0 Å². The van der Waals surface area contributed by atoms with E-state index in [0.717, 1.165) is 11.3 Å². The largest absolute Gasteiger partial charge is 0.281 e. The maximum absolute atomic E-state index is 12.6. The topological polar surface area (TPSA) is 32.3 Å². The Balaban J connectivity index is 1.80. The van der Waals surface area contributed by atoms with Crippen molar-refractivity contribution in [2.45, 2.75) is 24.2 Å². The SMILES string of the molecule is CC1(C(=O)NN(Cc2ccccc2)c2ccccc2)CC1(Cl)Cl. The van der Waals surface area contributed by atoms with Crippen molar-refractivity contribution >= 4 is 34.8 Å². The van der Waals surface area contributed by atoms with Gasteiger partial charge in [-0.05, 0) is 31.0 Å². The highest BCUT2D eigenvalue weighted by Crippen LogP contribution is 2.63. The molecule has 1 atom stereocenters. The molecule has 5 heteroatoms. The molecule has 120 valence electrons. The van der Waals surface area contributed by atoms with Gasteiger partial charge in [-0.15, -0.1) is 23.2 Å². The number of carbonyl (C=O) groups excluding carboxylic acids is 1. The van der Waals surface area contributed by atoms with Gasteiger partial charge >= 0.3 is 0 Å². The van der Waals surface area contributed by atoms with Crippen LogP contribution in [-0.2, 0) is 11.3 Å². The second-order valence-corrected chi connectivity index (χ2v) is 7.55. The van der Waals surface area contributed by atoms with Crippen molar-refractivity contribution in [3.05, 3.63) is 66.2 Å². The molecule has 2 aromatic rings. The average molecular weight is 349 g/mol. The van der Waals surface area contributed by atoms with Gasteiger partial charge in [0.25, 0.3) is 0 Å². The van der Waals surface area contributed by atoms with E-state index in [0.29, 0.717) is 13.0 Å². The van der Waals surface area contributed by atoms with Gasteiger partial charge in [0.05, 0.1) is 17.6 Å². The first kappa shape index (κ1) is 16.2. The van der Waals surface area contributed by atoms with E-state index in [1.165, 1.54) is 0 Å². The minimum Gasteiger partial charge on any atom is -0.281 e. The van der Waals surface area contributed by atoms with Gasteiger partial charge in [0.15, 0.2) is 0 Å². The van der Waals surface area contributed by atoms with Gasteiger partial charge in [0.2, 0.25) is 5.91 Å². The molecule has 0 spiro atoms. The molecule has 3 rings (SSSR count). The molecule has 2 aromatic carbocycles. The number of alkyl halides is 2. The zero-order chi connectivity index (χ0) is 16.5. The number of nitrogens with zero attached hydrogens (tertiary/aromatic N) is 1. The van der Waals surface area contributed by atoms with Crippen molar-refractivity contribution in [2.24, 2.45) is 5.41 Å². The van der Waals surface area contributed by atoms with Crippen LogP contribution in [0.15, 0.2) is 60.7 Å². The van der Waals surface area contributed by atoms with Crippen LogP contribution in [0.3, 0.4) is 0 Å². The van der Waals surface area contributed by atoms with Gasteiger partial charge in [-0.1, -0.05) is 48.5 Å². The minimum atomic E-state index is -0.980. The van der Waals surface area contributed by atoms with E-state index in [1.807, 2.05) is 65.7 Å². The Morgan fingerprint density at radius 1 is 1.09 bits per heavy atom. The zero-order valence-electron chi connectivity index (χ0n) is 12.8. The van der Waals surface area contributed by atoms with Crippen LogP contribution in [0.1, 0.15) is 18.9 Å². The lowest BCUT2D eigenvalue weighted by molar-refractivity contribution is -0.126. The highest BCUT2D eigenvalue weighted by molar-refractivity contribution is 6.53. The molecule has 1 fully saturated rings. The number of anilines is 1. The molecule has 0 saturated heterocycles. The van der Waals surface area contributed by atoms with E-state index in [2.05, 4.69) is 5.43 Å². The van der Waals surface area contributed by atoms with Crippen LogP contribution in [0.2, 0.25) is 0 Å². The number of para-hydroxylation sites is 1. The Kier molecular flexibility index (Phi) is 4.26. The molecule has 3 nitrogen and oxygen atoms in total. The van der Waals surface area contributed by atoms with E-state index in [9.17, 15) is 4.79 Å². The Hall–Kier alpha value is -1.71. The monoisotopic (exact) mass is 348 g/mol. The van der Waals surface area contributed by atoms with E-state index >= 15 is 0 Å². The van der Waals surface area contributed by atoms with Crippen LogP contribution in [0.4, 0.5) is 5.69 Å². The normalized spacial score (nSPS) is 21.5. The number of benzene rings is 2. The smallest absolute Gasteiger partial charge is 0.247 e. The maximum atomic E-state index is 12.6. The molecule has 23 heavy (non-hydrogen) atoms. The second-order valence-electron chi connectivity index (χ2n) is 6.06. The molecule has 1 aliphatic carbocycles. The fourth-order valence-electron chi connectivity index (χ4n) is 2.46. The summed E-state index contributed by atoms with van der Waals surface area (Å²) in [6.45, 7) is 2.35. The van der Waals surface area contributed by atoms with E-state index < -0.39 is 9.75 Å². The molecular weight excluding hydrogens is 331 g/mol. The Bertz CT molecular complexity index is 691. The third-order valence-electron chi connectivity index (χ3n) is 4.25. The molecule has 1 unspecified atom stereocenters. The van der Waals surface area contributed by atoms with E-state index in [-0.39, 0.29) is 5.91 Å². The molecular formula is C18H18Cl2N2O. The van der Waals surface area contributed by atoms with Crippen LogP contribution in [0.5, 0.6) is 0 Å². The molecule has 0 radical (unpaired) electrons. The number of nitrogens with one attached hydrogen (secondary N) is 1. The first-order chi connectivity index (χ1) is 10.9. The third-order valence-corrected chi connectivity index (χ3v) is 5.35. The molecule has 0 aromatic heterocycles. The summed E-state index contributed by atoms with van der Waals surface area (Å²) in [5.74, 6) is -0.165. The Morgan fingerprint density at radius 3 is 2.13 bits per heavy atom. The molecule has 0 aliphatic heterocycles. The lowest BCUT2D eigenvalue weighted by Crippen LogP contribution is -2.46. The Morgan fingerprint density at radius 2 is 1.61 bits per heavy atom. The van der Waals surface area contributed by atoms with Crippen molar-refractivity contribution in [2.75, 3.05) is 5.01 Å². The third kappa shape index (κ3) is 3.31. The molecule has 1 saturated carbocycles. The second kappa shape index (κ2) is 6.06.